The minimum Gasteiger partial charge on any atom is -0.491 e. The Labute approximate surface area is 146 Å². The minimum atomic E-state index is 0.464. The smallest absolute Gasteiger partial charge is 0.119 e. The van der Waals surface area contributed by atoms with Gasteiger partial charge in [-0.05, 0) is 48.5 Å². The average molecular weight is 342 g/mol. The van der Waals surface area contributed by atoms with E-state index in [-0.39, 0.29) is 0 Å². The van der Waals surface area contributed by atoms with Crippen molar-refractivity contribution in [3.8, 4) is 11.5 Å². The zero-order valence-electron chi connectivity index (χ0n) is 13.9. The molecule has 0 saturated carbocycles. The summed E-state index contributed by atoms with van der Waals surface area (Å²) in [7, 11) is 0. The van der Waals surface area contributed by atoms with Gasteiger partial charge in [-0.3, -0.25) is 0 Å². The fraction of sp³-hybridized carbons (Fsp3) is 0.222. The summed E-state index contributed by atoms with van der Waals surface area (Å²) >= 11 is 0. The third-order valence-electron chi connectivity index (χ3n) is 3.11. The molecule has 0 amide bonds. The van der Waals surface area contributed by atoms with Gasteiger partial charge < -0.3 is 25.7 Å². The lowest BCUT2D eigenvalue weighted by molar-refractivity contribution is 0.0764. The Bertz CT molecular complexity index is 610. The first-order valence-corrected chi connectivity index (χ1v) is 7.84. The standard InChI is InChI=1S/C18H22N4O3/c19-13-21-15-1-5-17(6-2-15)24-11-9-23-10-12-25-18-7-3-16(4-8-18)22-14-20/h1-8,13-14H,9-12H2,(H2,19,21)(H2,20,22). The number of nitrogens with zero attached hydrogens (tertiary/aromatic N) is 2. The zero-order valence-corrected chi connectivity index (χ0v) is 13.9. The van der Waals surface area contributed by atoms with Crippen LogP contribution >= 0.6 is 0 Å². The van der Waals surface area contributed by atoms with E-state index in [1.54, 1.807) is 0 Å². The van der Waals surface area contributed by atoms with Crippen molar-refractivity contribution in [2.24, 2.45) is 21.5 Å². The monoisotopic (exact) mass is 342 g/mol. The molecule has 0 atom stereocenters. The van der Waals surface area contributed by atoms with Gasteiger partial charge in [-0.1, -0.05) is 0 Å². The Balaban J connectivity index is 1.55. The van der Waals surface area contributed by atoms with Crippen LogP contribution in [0, 0.1) is 0 Å². The highest BCUT2D eigenvalue weighted by molar-refractivity contribution is 5.59. The highest BCUT2D eigenvalue weighted by Gasteiger charge is 1.97. The van der Waals surface area contributed by atoms with Gasteiger partial charge in [0.05, 0.1) is 37.3 Å². The lowest BCUT2D eigenvalue weighted by Crippen LogP contribution is -2.12. The Morgan fingerprint density at radius 2 is 1.04 bits per heavy atom. The van der Waals surface area contributed by atoms with Crippen molar-refractivity contribution in [1.82, 2.24) is 0 Å². The Kier molecular flexibility index (Phi) is 7.80. The van der Waals surface area contributed by atoms with E-state index in [4.69, 9.17) is 25.7 Å². The highest BCUT2D eigenvalue weighted by atomic mass is 16.5. The van der Waals surface area contributed by atoms with Crippen LogP contribution in [-0.4, -0.2) is 39.1 Å². The fourth-order valence-corrected chi connectivity index (χ4v) is 1.97. The van der Waals surface area contributed by atoms with Crippen LogP contribution in [0.4, 0.5) is 11.4 Å². The maximum Gasteiger partial charge on any atom is 0.119 e. The number of benzene rings is 2. The van der Waals surface area contributed by atoms with Crippen molar-refractivity contribution in [3.05, 3.63) is 48.5 Å². The zero-order chi connectivity index (χ0) is 17.7. The first kappa shape index (κ1) is 18.3. The molecule has 0 unspecified atom stereocenters. The highest BCUT2D eigenvalue weighted by Crippen LogP contribution is 2.18. The quantitative estimate of drug-likeness (QED) is 0.392. The van der Waals surface area contributed by atoms with Crippen molar-refractivity contribution < 1.29 is 14.2 Å². The van der Waals surface area contributed by atoms with Gasteiger partial charge in [0.15, 0.2) is 0 Å². The summed E-state index contributed by atoms with van der Waals surface area (Å²) in [4.78, 5) is 7.93. The first-order valence-electron chi connectivity index (χ1n) is 7.84. The van der Waals surface area contributed by atoms with Crippen LogP contribution in [0.2, 0.25) is 0 Å². The maximum atomic E-state index is 5.57. The summed E-state index contributed by atoms with van der Waals surface area (Å²) in [6.45, 7) is 1.89. The van der Waals surface area contributed by atoms with Crippen LogP contribution in [-0.2, 0) is 4.74 Å². The van der Waals surface area contributed by atoms with Crippen LogP contribution in [0.5, 0.6) is 11.5 Å². The van der Waals surface area contributed by atoms with E-state index < -0.39 is 0 Å². The summed E-state index contributed by atoms with van der Waals surface area (Å²) in [5, 5.41) is 0. The van der Waals surface area contributed by atoms with Crippen LogP contribution in [0.3, 0.4) is 0 Å². The van der Waals surface area contributed by atoms with E-state index in [9.17, 15) is 0 Å². The second kappa shape index (κ2) is 10.7. The molecule has 0 aliphatic carbocycles. The third kappa shape index (κ3) is 6.92. The summed E-state index contributed by atoms with van der Waals surface area (Å²) < 4.78 is 16.6. The Morgan fingerprint density at radius 3 is 1.40 bits per heavy atom. The molecular formula is C18H22N4O3. The van der Waals surface area contributed by atoms with Crippen molar-refractivity contribution in [1.29, 1.82) is 0 Å². The Hall–Kier alpha value is -3.06. The van der Waals surface area contributed by atoms with E-state index >= 15 is 0 Å². The van der Waals surface area contributed by atoms with Gasteiger partial charge in [0.25, 0.3) is 0 Å². The normalized spacial score (nSPS) is 11.2. The van der Waals surface area contributed by atoms with Crippen LogP contribution < -0.4 is 20.9 Å². The molecule has 0 spiro atoms. The molecule has 0 bridgehead atoms. The van der Waals surface area contributed by atoms with Gasteiger partial charge in [-0.15, -0.1) is 0 Å². The number of hydrogen-bond acceptors (Lipinski definition) is 5. The molecular weight excluding hydrogens is 320 g/mol. The topological polar surface area (TPSA) is 104 Å². The van der Waals surface area contributed by atoms with E-state index in [0.717, 1.165) is 22.9 Å². The number of aliphatic imine (C=N–C) groups is 2. The molecule has 0 heterocycles. The molecule has 132 valence electrons. The van der Waals surface area contributed by atoms with E-state index in [1.807, 2.05) is 48.5 Å². The number of rotatable bonds is 10. The van der Waals surface area contributed by atoms with Crippen LogP contribution in [0.1, 0.15) is 0 Å². The molecule has 2 aromatic rings. The number of hydrogen-bond donors (Lipinski definition) is 2. The molecule has 7 nitrogen and oxygen atoms in total. The van der Waals surface area contributed by atoms with Gasteiger partial charge in [0.2, 0.25) is 0 Å². The number of ether oxygens (including phenoxy) is 3. The molecule has 0 aromatic heterocycles. The van der Waals surface area contributed by atoms with E-state index in [0.29, 0.717) is 26.4 Å². The predicted molar refractivity (Wildman–Crippen MR) is 99.4 cm³/mol. The Morgan fingerprint density at radius 1 is 0.640 bits per heavy atom. The lowest BCUT2D eigenvalue weighted by atomic mass is 10.3. The van der Waals surface area contributed by atoms with Crippen molar-refractivity contribution in [3.63, 3.8) is 0 Å². The lowest BCUT2D eigenvalue weighted by Gasteiger charge is -2.09. The van der Waals surface area contributed by atoms with Crippen molar-refractivity contribution >= 4 is 24.1 Å². The predicted octanol–water partition coefficient (Wildman–Crippen LogP) is 2.40. The average Bonchev–Trinajstić information content (AvgIpc) is 2.64. The molecule has 0 saturated heterocycles. The molecule has 25 heavy (non-hydrogen) atoms. The van der Waals surface area contributed by atoms with E-state index in [1.165, 1.54) is 12.7 Å². The van der Waals surface area contributed by atoms with Gasteiger partial charge in [-0.25, -0.2) is 9.98 Å². The summed E-state index contributed by atoms with van der Waals surface area (Å²) in [5.41, 5.74) is 12.0. The second-order valence-corrected chi connectivity index (χ2v) is 4.85. The maximum absolute atomic E-state index is 5.57. The van der Waals surface area contributed by atoms with Crippen LogP contribution in [0.15, 0.2) is 58.5 Å². The van der Waals surface area contributed by atoms with Crippen LogP contribution in [0.25, 0.3) is 0 Å². The van der Waals surface area contributed by atoms with E-state index in [2.05, 4.69) is 9.98 Å². The van der Waals surface area contributed by atoms with Gasteiger partial charge in [-0.2, -0.15) is 0 Å². The molecule has 0 fully saturated rings. The van der Waals surface area contributed by atoms with Gasteiger partial charge >= 0.3 is 0 Å². The number of nitrogens with two attached hydrogens (primary N) is 2. The molecule has 0 aliphatic rings. The van der Waals surface area contributed by atoms with Crippen molar-refractivity contribution in [2.45, 2.75) is 0 Å². The second-order valence-electron chi connectivity index (χ2n) is 4.85. The third-order valence-corrected chi connectivity index (χ3v) is 3.11. The molecule has 2 aromatic carbocycles. The summed E-state index contributed by atoms with van der Waals surface area (Å²) in [6.07, 6.45) is 2.52. The molecule has 2 rings (SSSR count). The largest absolute Gasteiger partial charge is 0.491 e. The van der Waals surface area contributed by atoms with Crippen molar-refractivity contribution in [2.75, 3.05) is 26.4 Å². The fourth-order valence-electron chi connectivity index (χ4n) is 1.97. The molecule has 0 aliphatic heterocycles. The minimum absolute atomic E-state index is 0.464. The molecule has 4 N–H and O–H groups in total. The van der Waals surface area contributed by atoms with Gasteiger partial charge in [0, 0.05) is 0 Å². The first-order chi connectivity index (χ1) is 12.3. The van der Waals surface area contributed by atoms with Gasteiger partial charge in [0.1, 0.15) is 24.7 Å². The SMILES string of the molecule is N/C=N/c1ccc(OCCOCCOc2ccc(/N=C/N)cc2)cc1. The molecule has 7 heteroatoms. The summed E-state index contributed by atoms with van der Waals surface area (Å²) in [6, 6.07) is 14.7. The molecule has 0 radical (unpaired) electrons. The summed E-state index contributed by atoms with van der Waals surface area (Å²) in [5.74, 6) is 1.52.